The predicted octanol–water partition coefficient (Wildman–Crippen LogP) is 8.03. The third-order valence-corrected chi connectivity index (χ3v) is 19.3. The Bertz CT molecular complexity index is 2940. The largest absolute Gasteiger partial charge is 0.497 e. The third-order valence-electron chi connectivity index (χ3n) is 19.3. The Morgan fingerprint density at radius 2 is 1.02 bits per heavy atom. The average molecular weight is 1210 g/mol. The Morgan fingerprint density at radius 1 is 0.605 bits per heavy atom. The molecular weight excluding hydrogens is 1110 g/mol. The molecule has 0 radical (unpaired) electrons. The highest BCUT2D eigenvalue weighted by Crippen LogP contribution is 2.58. The van der Waals surface area contributed by atoms with Gasteiger partial charge < -0.3 is 67.4 Å². The van der Waals surface area contributed by atoms with Crippen molar-refractivity contribution in [1.82, 2.24) is 9.80 Å². The van der Waals surface area contributed by atoms with E-state index >= 15 is 0 Å². The van der Waals surface area contributed by atoms with Gasteiger partial charge in [0, 0.05) is 15.9 Å². The highest BCUT2D eigenvalue weighted by atomic mass is 16.7. The first-order valence-corrected chi connectivity index (χ1v) is 30.3. The molecule has 1 saturated carbocycles. The number of hydrogen-bond donors (Lipinski definition) is 3. The lowest BCUT2D eigenvalue weighted by Crippen LogP contribution is -2.49. The number of benzene rings is 2. The number of carbonyl (C=O) groups is 5. The molecule has 21 heteroatoms. The first-order valence-electron chi connectivity index (χ1n) is 30.3. The third kappa shape index (κ3) is 12.8. The molecule has 478 valence electrons. The van der Waals surface area contributed by atoms with Crippen molar-refractivity contribution >= 4 is 29.8 Å². The summed E-state index contributed by atoms with van der Waals surface area (Å²) in [6.07, 6.45) is 11.6. The smallest absolute Gasteiger partial charge is 0.339 e. The Labute approximate surface area is 507 Å². The molecule has 0 amide bonds. The number of rotatable bonds is 20. The van der Waals surface area contributed by atoms with Crippen LogP contribution in [-0.2, 0) is 70.0 Å². The van der Waals surface area contributed by atoms with Crippen LogP contribution >= 0.6 is 0 Å². The molecule has 11 rings (SSSR count). The molecule has 2 aromatic carbocycles. The molecule has 9 aliphatic rings. The first kappa shape index (κ1) is 64.3. The molecule has 0 unspecified atom stereocenters. The van der Waals surface area contributed by atoms with E-state index in [1.54, 1.807) is 28.1 Å². The van der Waals surface area contributed by atoms with Gasteiger partial charge in [-0.25, -0.2) is 9.59 Å². The van der Waals surface area contributed by atoms with E-state index < -0.39 is 82.4 Å². The molecule has 6 heterocycles. The summed E-state index contributed by atoms with van der Waals surface area (Å²) in [6.45, 7) is 10.7. The van der Waals surface area contributed by atoms with E-state index in [-0.39, 0.29) is 60.4 Å². The second kappa shape index (κ2) is 25.5. The minimum Gasteiger partial charge on any atom is -0.497 e. The Balaban J connectivity index is 0.000000246. The molecule has 0 bridgehead atoms. The van der Waals surface area contributed by atoms with Gasteiger partial charge in [-0.2, -0.15) is 0 Å². The summed E-state index contributed by atoms with van der Waals surface area (Å²) in [4.78, 5) is 70.1. The molecule has 2 aromatic rings. The molecule has 3 fully saturated rings. The number of nitrogens with zero attached hydrogens (tertiary/aromatic N) is 2. The lowest BCUT2D eigenvalue weighted by molar-refractivity contribution is -0.179. The minimum absolute atomic E-state index is 0. The van der Waals surface area contributed by atoms with Crippen LogP contribution in [0, 0.1) is 5.92 Å². The number of aliphatic hydroxyl groups is 3. The first-order chi connectivity index (χ1) is 40.5. The van der Waals surface area contributed by atoms with Crippen molar-refractivity contribution in [2.24, 2.45) is 5.92 Å². The van der Waals surface area contributed by atoms with E-state index in [0.717, 1.165) is 113 Å². The minimum atomic E-state index is -2.16. The fraction of sp³-hybridized carbons (Fsp3) is 0.677. The maximum Gasteiger partial charge on any atom is 0.339 e. The topological polar surface area (TPSA) is 254 Å². The lowest BCUT2D eigenvalue weighted by atomic mass is 9.77. The molecule has 3 aliphatic carbocycles. The summed E-state index contributed by atoms with van der Waals surface area (Å²) in [6, 6.07) is 8.02. The molecule has 2 spiro atoms. The predicted molar refractivity (Wildman–Crippen MR) is 315 cm³/mol. The summed E-state index contributed by atoms with van der Waals surface area (Å²) >= 11 is 0. The van der Waals surface area contributed by atoms with E-state index in [9.17, 15) is 39.3 Å². The standard InChI is InChI=1S/C35H47NO10.C29H39NO9.CH4.2H2/c1-33(2,46-31(38)22-9-5-6-10-22)12-7-14-35(40,20-28(37)42-4)32(39)45-30-27(41-3)19-34-13-8-15-36(34)16-11-23-17-25-26(44-21-43-25)18-24(23)29(30)34;1-27(2,33)8-5-10-29(34,16-23(31)36-4)26(32)39-25-22(35-3)15-28-9-6-11-30(28)12-7-18-13-20-21(38-17-37-20)14-19(18)24(25)28;;;/h17-19,22,29-30,40H,5-16,20-21H2,1-4H3;13-15,24-25,33-34H,5-12,16-17H2,1-4H3;1H4;2*1H/t29-,30-,34+,35-;24-,25-,28+,29-;;;/m11.../s1/i;;;1+2;. The van der Waals surface area contributed by atoms with Gasteiger partial charge in [-0.05, 0) is 189 Å². The van der Waals surface area contributed by atoms with Crippen molar-refractivity contribution in [3.05, 3.63) is 70.2 Å². The highest BCUT2D eigenvalue weighted by molar-refractivity contribution is 5.87. The maximum absolute atomic E-state index is 14.1. The number of carbonyl (C=O) groups excluding carboxylic acids is 5. The number of ether oxygens (including phenoxy) is 11. The van der Waals surface area contributed by atoms with Gasteiger partial charge in [0.25, 0.3) is 0 Å². The van der Waals surface area contributed by atoms with Gasteiger partial charge in [0.05, 0.1) is 75.7 Å². The summed E-state index contributed by atoms with van der Waals surface area (Å²) in [5.41, 5.74) is -2.74. The zero-order valence-corrected chi connectivity index (χ0v) is 50.6. The van der Waals surface area contributed by atoms with Gasteiger partial charge in [0.2, 0.25) is 13.6 Å². The van der Waals surface area contributed by atoms with Gasteiger partial charge in [-0.15, -0.1) is 0 Å². The van der Waals surface area contributed by atoms with Crippen LogP contribution in [0.5, 0.6) is 23.0 Å². The van der Waals surface area contributed by atoms with Crippen molar-refractivity contribution in [2.75, 3.05) is 68.2 Å². The monoisotopic (exact) mass is 1210 g/mol. The molecular formula is C65H94N2O19. The Hall–Kier alpha value is -6.13. The molecule has 6 aliphatic heterocycles. The van der Waals surface area contributed by atoms with Crippen molar-refractivity contribution in [2.45, 2.75) is 208 Å². The van der Waals surface area contributed by atoms with E-state index in [2.05, 4.69) is 22.0 Å². The quantitative estimate of drug-likeness (QED) is 0.0837. The number of methoxy groups -OCH3 is 4. The van der Waals surface area contributed by atoms with Gasteiger partial charge in [0.15, 0.2) is 46.4 Å². The van der Waals surface area contributed by atoms with Crippen molar-refractivity contribution in [1.29, 1.82) is 0 Å². The lowest BCUT2D eigenvalue weighted by Gasteiger charge is -2.39. The van der Waals surface area contributed by atoms with Crippen LogP contribution in [0.2, 0.25) is 0 Å². The van der Waals surface area contributed by atoms with Gasteiger partial charge in [0.1, 0.15) is 17.1 Å². The molecule has 3 N–H and O–H groups in total. The molecule has 21 nitrogen and oxygen atoms in total. The molecule has 8 atom stereocenters. The molecule has 0 aromatic heterocycles. The van der Waals surface area contributed by atoms with Gasteiger partial charge in [-0.1, -0.05) is 20.3 Å². The number of esters is 5. The SMILES string of the molecule is C.COC(=O)C[C@](O)(CCCC(C)(C)O)C(=O)O[C@@H]1C(OC)=C[C@]23CCCN2CCc2cc4c(cc2[C@H]13)OCO4.COC(=O)C[C@](O)(CCCC(C)(C)OC(=O)C1CCCC1)C(=O)O[C@@H]1C(OC)=C[C@]23CCCN2CCc2cc4c(cc2[C@H]13)OCO4.[3HH].[HH]. The highest BCUT2D eigenvalue weighted by Gasteiger charge is 2.61. The Morgan fingerprint density at radius 3 is 1.43 bits per heavy atom. The van der Waals surface area contributed by atoms with E-state index in [4.69, 9.17) is 52.1 Å². The van der Waals surface area contributed by atoms with Crippen LogP contribution in [0.25, 0.3) is 0 Å². The average Bonchev–Trinajstić information content (AvgIpc) is 1.57. The number of fused-ring (bicyclic) bond motifs is 6. The van der Waals surface area contributed by atoms with Gasteiger partial charge >= 0.3 is 29.8 Å². The van der Waals surface area contributed by atoms with Crippen LogP contribution in [0.4, 0.5) is 0 Å². The summed E-state index contributed by atoms with van der Waals surface area (Å²) < 4.78 is 62.4. The van der Waals surface area contributed by atoms with Crippen LogP contribution in [0.1, 0.15) is 175 Å². The second-order valence-corrected chi connectivity index (χ2v) is 25.8. The van der Waals surface area contributed by atoms with Crippen molar-refractivity contribution in [3.8, 4) is 23.0 Å². The summed E-state index contributed by atoms with van der Waals surface area (Å²) in [5, 5.41) is 33.5. The van der Waals surface area contributed by atoms with E-state index in [1.807, 2.05) is 38.1 Å². The second-order valence-electron chi connectivity index (χ2n) is 25.8. The summed E-state index contributed by atoms with van der Waals surface area (Å²) in [5.74, 6) is -0.452. The molecule has 2 saturated heterocycles. The van der Waals surface area contributed by atoms with Crippen LogP contribution in [0.3, 0.4) is 0 Å². The Kier molecular flexibility index (Phi) is 19.1. The maximum atomic E-state index is 14.1. The van der Waals surface area contributed by atoms with Gasteiger partial charge in [-0.3, -0.25) is 24.2 Å². The van der Waals surface area contributed by atoms with Crippen molar-refractivity contribution in [3.63, 3.8) is 0 Å². The van der Waals surface area contributed by atoms with E-state index in [0.29, 0.717) is 60.2 Å². The number of hydrogen-bond acceptors (Lipinski definition) is 21. The van der Waals surface area contributed by atoms with Crippen LogP contribution < -0.4 is 18.9 Å². The fourth-order valence-corrected chi connectivity index (χ4v) is 15.0. The zero-order valence-electron chi connectivity index (χ0n) is 50.6. The van der Waals surface area contributed by atoms with Crippen LogP contribution in [-0.4, -0.2) is 169 Å². The fourth-order valence-electron chi connectivity index (χ4n) is 15.0. The molecule has 86 heavy (non-hydrogen) atoms. The zero-order chi connectivity index (χ0) is 60.7. The van der Waals surface area contributed by atoms with E-state index in [1.165, 1.54) is 14.2 Å². The van der Waals surface area contributed by atoms with Crippen LogP contribution in [0.15, 0.2) is 47.9 Å². The summed E-state index contributed by atoms with van der Waals surface area (Å²) in [7, 11) is 5.54. The van der Waals surface area contributed by atoms with Crippen molar-refractivity contribution < 1.29 is 94.3 Å². The normalized spacial score (nSPS) is 26.5.